The maximum absolute atomic E-state index is 2.30. The van der Waals surface area contributed by atoms with Crippen LogP contribution in [-0.2, 0) is 0 Å². The molecule has 0 radical (unpaired) electrons. The Morgan fingerprint density at radius 1 is 1.00 bits per heavy atom. The molecule has 80 valence electrons. The molecule has 0 aliphatic rings. The molecule has 0 saturated heterocycles. The summed E-state index contributed by atoms with van der Waals surface area (Å²) in [6.07, 6.45) is 10.3. The molecule has 0 aliphatic heterocycles. The molecule has 0 unspecified atom stereocenters. The lowest BCUT2D eigenvalue weighted by molar-refractivity contribution is 0.964. The molecule has 0 aliphatic carbocycles. The van der Waals surface area contributed by atoms with E-state index in [-0.39, 0.29) is 0 Å². The van der Waals surface area contributed by atoms with Crippen LogP contribution in [0.5, 0.6) is 0 Å². The van der Waals surface area contributed by atoms with E-state index in [0.717, 1.165) is 6.42 Å². The van der Waals surface area contributed by atoms with E-state index < -0.39 is 0 Å². The smallest absolute Gasteiger partial charge is 0.0285 e. The monoisotopic (exact) mass is 192 g/mol. The highest BCUT2D eigenvalue weighted by atomic mass is 14.0. The lowest BCUT2D eigenvalue weighted by Crippen LogP contribution is -1.79. The van der Waals surface area contributed by atoms with Gasteiger partial charge in [0.2, 0.25) is 0 Å². The minimum Gasteiger partial charge on any atom is -0.0856 e. The van der Waals surface area contributed by atoms with Crippen LogP contribution in [0.15, 0.2) is 34.9 Å². The Morgan fingerprint density at radius 2 is 1.64 bits per heavy atom. The first-order valence-electron chi connectivity index (χ1n) is 5.53. The first-order valence-corrected chi connectivity index (χ1v) is 5.53. The fraction of sp³-hybridized carbons (Fsp3) is 0.571. The molecule has 0 heterocycles. The van der Waals surface area contributed by atoms with Crippen molar-refractivity contribution < 1.29 is 0 Å². The first-order chi connectivity index (χ1) is 6.56. The number of rotatable bonds is 5. The second-order valence-corrected chi connectivity index (χ2v) is 4.17. The Labute approximate surface area is 89.4 Å². The summed E-state index contributed by atoms with van der Waals surface area (Å²) in [5, 5.41) is 0. The summed E-state index contributed by atoms with van der Waals surface area (Å²) >= 11 is 0. The Hall–Kier alpha value is -0.780. The molecular formula is C14H24. The van der Waals surface area contributed by atoms with Crippen molar-refractivity contribution in [1.82, 2.24) is 0 Å². The van der Waals surface area contributed by atoms with Gasteiger partial charge in [0, 0.05) is 0 Å². The summed E-state index contributed by atoms with van der Waals surface area (Å²) in [4.78, 5) is 0. The highest BCUT2D eigenvalue weighted by molar-refractivity contribution is 5.20. The molecule has 14 heavy (non-hydrogen) atoms. The van der Waals surface area contributed by atoms with Crippen molar-refractivity contribution >= 4 is 0 Å². The Bertz CT molecular complexity index is 235. The first kappa shape index (κ1) is 13.2. The van der Waals surface area contributed by atoms with E-state index in [9.17, 15) is 0 Å². The topological polar surface area (TPSA) is 0 Å². The largest absolute Gasteiger partial charge is 0.0856 e. The standard InChI is InChI=1S/C14H24/c1-6-8-13(4)11-14(5)10-7-9-12(2)3/h8-9,11H,6-7,10H2,1-5H3/b13-8+,14-11+. The summed E-state index contributed by atoms with van der Waals surface area (Å²) < 4.78 is 0. The van der Waals surface area contributed by atoms with Crippen LogP contribution in [0.4, 0.5) is 0 Å². The summed E-state index contributed by atoms with van der Waals surface area (Å²) in [7, 11) is 0. The van der Waals surface area contributed by atoms with Crippen molar-refractivity contribution in [3.8, 4) is 0 Å². The minimum atomic E-state index is 1.13. The highest BCUT2D eigenvalue weighted by Gasteiger charge is 1.89. The summed E-state index contributed by atoms with van der Waals surface area (Å²) in [5.41, 5.74) is 4.28. The zero-order valence-corrected chi connectivity index (χ0v) is 10.4. The average Bonchev–Trinajstić information content (AvgIpc) is 2.03. The lowest BCUT2D eigenvalue weighted by Gasteiger charge is -1.99. The quantitative estimate of drug-likeness (QED) is 0.423. The molecule has 0 spiro atoms. The predicted molar refractivity (Wildman–Crippen MR) is 66.5 cm³/mol. The average molecular weight is 192 g/mol. The number of hydrogen-bond donors (Lipinski definition) is 0. The van der Waals surface area contributed by atoms with Crippen LogP contribution in [0.3, 0.4) is 0 Å². The SMILES string of the molecule is CC/C=C(C)/C=C(\C)CCC=C(C)C. The van der Waals surface area contributed by atoms with E-state index in [0.29, 0.717) is 0 Å². The second-order valence-electron chi connectivity index (χ2n) is 4.17. The van der Waals surface area contributed by atoms with Gasteiger partial charge in [-0.25, -0.2) is 0 Å². The third-order valence-corrected chi connectivity index (χ3v) is 2.09. The van der Waals surface area contributed by atoms with Gasteiger partial charge in [-0.15, -0.1) is 0 Å². The van der Waals surface area contributed by atoms with Crippen LogP contribution < -0.4 is 0 Å². The second kappa shape index (κ2) is 7.61. The maximum atomic E-state index is 2.30. The molecule has 0 amide bonds. The summed E-state index contributed by atoms with van der Waals surface area (Å²) in [6.45, 7) is 10.9. The van der Waals surface area contributed by atoms with E-state index in [4.69, 9.17) is 0 Å². The van der Waals surface area contributed by atoms with Crippen molar-refractivity contribution in [1.29, 1.82) is 0 Å². The van der Waals surface area contributed by atoms with Gasteiger partial charge in [0.25, 0.3) is 0 Å². The highest BCUT2D eigenvalue weighted by Crippen LogP contribution is 2.10. The molecule has 0 aromatic heterocycles. The molecule has 0 fully saturated rings. The van der Waals surface area contributed by atoms with Gasteiger partial charge in [0.05, 0.1) is 0 Å². The lowest BCUT2D eigenvalue weighted by atomic mass is 10.1. The fourth-order valence-electron chi connectivity index (χ4n) is 1.43. The van der Waals surface area contributed by atoms with Gasteiger partial charge in [-0.3, -0.25) is 0 Å². The fourth-order valence-corrected chi connectivity index (χ4v) is 1.43. The zero-order chi connectivity index (χ0) is 11.0. The minimum absolute atomic E-state index is 1.13. The van der Waals surface area contributed by atoms with Crippen molar-refractivity contribution in [3.05, 3.63) is 34.9 Å². The van der Waals surface area contributed by atoms with E-state index >= 15 is 0 Å². The van der Waals surface area contributed by atoms with Crippen LogP contribution >= 0.6 is 0 Å². The molecule has 0 atom stereocenters. The van der Waals surface area contributed by atoms with Gasteiger partial charge in [-0.1, -0.05) is 41.9 Å². The van der Waals surface area contributed by atoms with E-state index in [2.05, 4.69) is 52.8 Å². The van der Waals surface area contributed by atoms with E-state index in [1.165, 1.54) is 29.6 Å². The van der Waals surface area contributed by atoms with Crippen LogP contribution in [-0.4, -0.2) is 0 Å². The molecule has 0 saturated carbocycles. The van der Waals surface area contributed by atoms with E-state index in [1.807, 2.05) is 0 Å². The Kier molecular flexibility index (Phi) is 7.18. The van der Waals surface area contributed by atoms with E-state index in [1.54, 1.807) is 0 Å². The van der Waals surface area contributed by atoms with Crippen LogP contribution in [0, 0.1) is 0 Å². The molecule has 0 heteroatoms. The van der Waals surface area contributed by atoms with Crippen LogP contribution in [0.1, 0.15) is 53.9 Å². The summed E-state index contributed by atoms with van der Waals surface area (Å²) in [6, 6.07) is 0. The molecule has 0 rings (SSSR count). The van der Waals surface area contributed by atoms with Gasteiger partial charge in [0.1, 0.15) is 0 Å². The van der Waals surface area contributed by atoms with Crippen LogP contribution in [0.25, 0.3) is 0 Å². The van der Waals surface area contributed by atoms with Gasteiger partial charge >= 0.3 is 0 Å². The van der Waals surface area contributed by atoms with Gasteiger partial charge in [0.15, 0.2) is 0 Å². The third kappa shape index (κ3) is 7.85. The van der Waals surface area contributed by atoms with Crippen molar-refractivity contribution in [2.75, 3.05) is 0 Å². The van der Waals surface area contributed by atoms with Crippen LogP contribution in [0.2, 0.25) is 0 Å². The van der Waals surface area contributed by atoms with Crippen molar-refractivity contribution in [3.63, 3.8) is 0 Å². The Balaban J connectivity index is 4.01. The normalized spacial score (nSPS) is 12.9. The molecular weight excluding hydrogens is 168 g/mol. The van der Waals surface area contributed by atoms with Crippen molar-refractivity contribution in [2.24, 2.45) is 0 Å². The molecule has 0 nitrogen and oxygen atoms in total. The molecule has 0 bridgehead atoms. The number of allylic oxidation sites excluding steroid dienone is 6. The predicted octanol–water partition coefficient (Wildman–Crippen LogP) is 5.04. The Morgan fingerprint density at radius 3 is 2.14 bits per heavy atom. The molecule has 0 aromatic rings. The zero-order valence-electron chi connectivity index (χ0n) is 10.4. The van der Waals surface area contributed by atoms with Gasteiger partial charge < -0.3 is 0 Å². The van der Waals surface area contributed by atoms with Gasteiger partial charge in [-0.05, 0) is 47.0 Å². The van der Waals surface area contributed by atoms with Gasteiger partial charge in [-0.2, -0.15) is 0 Å². The molecule has 0 aromatic carbocycles. The third-order valence-electron chi connectivity index (χ3n) is 2.09. The molecule has 0 N–H and O–H groups in total. The summed E-state index contributed by atoms with van der Waals surface area (Å²) in [5.74, 6) is 0. The maximum Gasteiger partial charge on any atom is -0.0285 e. The number of hydrogen-bond acceptors (Lipinski definition) is 0. The van der Waals surface area contributed by atoms with Crippen molar-refractivity contribution in [2.45, 2.75) is 53.9 Å².